The molecular formula is C23H25Cl2OZr-3. The molecular weight excluding hydrogens is 454 g/mol. The van der Waals surface area contributed by atoms with Gasteiger partial charge in [0.25, 0.3) is 0 Å². The molecule has 0 saturated heterocycles. The zero-order valence-electron chi connectivity index (χ0n) is 16.1. The van der Waals surface area contributed by atoms with Crippen molar-refractivity contribution in [3.8, 4) is 11.1 Å². The second-order valence-electron chi connectivity index (χ2n) is 5.70. The van der Waals surface area contributed by atoms with Crippen molar-refractivity contribution in [3.63, 3.8) is 0 Å². The molecule has 0 unspecified atom stereocenters. The Balaban J connectivity index is 0. The summed E-state index contributed by atoms with van der Waals surface area (Å²) in [6, 6.07) is 16.0. The van der Waals surface area contributed by atoms with E-state index in [1.54, 1.807) is 7.11 Å². The van der Waals surface area contributed by atoms with E-state index < -0.39 is 0 Å². The summed E-state index contributed by atoms with van der Waals surface area (Å²) in [5.41, 5.74) is 6.65. The minimum Gasteiger partial charge on any atom is -1.00 e. The fourth-order valence-corrected chi connectivity index (χ4v) is 2.79. The molecule has 0 saturated carbocycles. The van der Waals surface area contributed by atoms with Gasteiger partial charge in [0, 0.05) is 13.7 Å². The maximum atomic E-state index is 5.25. The van der Waals surface area contributed by atoms with Crippen molar-refractivity contribution in [2.45, 2.75) is 33.3 Å². The summed E-state index contributed by atoms with van der Waals surface area (Å²) < 4.78 is 5.25. The fraction of sp³-hybridized carbons (Fsp3) is 0.261. The molecule has 0 spiro atoms. The van der Waals surface area contributed by atoms with E-state index in [4.69, 9.17) is 4.74 Å². The van der Waals surface area contributed by atoms with Gasteiger partial charge in [-0.05, 0) is 6.42 Å². The van der Waals surface area contributed by atoms with Crippen LogP contribution in [-0.4, -0.2) is 7.11 Å². The zero-order valence-corrected chi connectivity index (χ0v) is 20.0. The molecule has 0 atom stereocenters. The maximum Gasteiger partial charge on any atom is 2.00 e. The Labute approximate surface area is 196 Å². The van der Waals surface area contributed by atoms with Gasteiger partial charge in [-0.3, -0.25) is 6.08 Å². The molecule has 0 amide bonds. The first-order valence-corrected chi connectivity index (χ1v) is 8.37. The van der Waals surface area contributed by atoms with E-state index in [0.29, 0.717) is 6.61 Å². The van der Waals surface area contributed by atoms with Gasteiger partial charge in [-0.1, -0.05) is 35.4 Å². The molecule has 0 heterocycles. The Morgan fingerprint density at radius 2 is 1.81 bits per heavy atom. The Bertz CT molecular complexity index is 701. The van der Waals surface area contributed by atoms with Gasteiger partial charge < -0.3 is 36.0 Å². The molecule has 2 aliphatic carbocycles. The molecule has 0 N–H and O–H groups in total. The molecule has 0 radical (unpaired) electrons. The van der Waals surface area contributed by atoms with E-state index in [0.717, 1.165) is 12.8 Å². The van der Waals surface area contributed by atoms with Gasteiger partial charge in [0.2, 0.25) is 0 Å². The Kier molecular flexibility index (Phi) is 17.2. The normalized spacial score (nSPS) is 11.2. The minimum absolute atomic E-state index is 0. The summed E-state index contributed by atoms with van der Waals surface area (Å²) >= 11 is 0. The molecule has 4 heteroatoms. The molecule has 0 bridgehead atoms. The molecule has 2 aromatic carbocycles. The standard InChI is InChI=1S/C15H13O.C5H5.C3H7.2ClH.Zr/c1-16-10-13-7-4-6-12-9-11-5-2-3-8-14(11)15(12)13;1-2-4-5-3-1;1-3-2;;;/h2-5,7-8H,9-10H2,1H3;1-3H,4H2;3H,1-2H3;2*1H;/q3*-1;;;+2/p-2. The van der Waals surface area contributed by atoms with Crippen LogP contribution in [0.4, 0.5) is 0 Å². The number of methoxy groups -OCH3 is 1. The summed E-state index contributed by atoms with van der Waals surface area (Å²) in [7, 11) is 1.74. The Morgan fingerprint density at radius 1 is 1.11 bits per heavy atom. The average Bonchev–Trinajstić information content (AvgIpc) is 3.27. The Hall–Kier alpha value is -0.657. The minimum atomic E-state index is 0. The summed E-state index contributed by atoms with van der Waals surface area (Å²) in [5.74, 6) is 0. The molecule has 144 valence electrons. The van der Waals surface area contributed by atoms with Crippen LogP contribution in [0.5, 0.6) is 0 Å². The van der Waals surface area contributed by atoms with E-state index in [-0.39, 0.29) is 51.0 Å². The van der Waals surface area contributed by atoms with E-state index in [9.17, 15) is 0 Å². The second kappa shape index (κ2) is 16.3. The van der Waals surface area contributed by atoms with Gasteiger partial charge in [-0.25, -0.2) is 12.2 Å². The monoisotopic (exact) mass is 477 g/mol. The first-order valence-electron chi connectivity index (χ1n) is 8.37. The SMILES string of the molecule is COCc1cc[c-]c2c1-c1ccccc1C2.C[CH-]C.[C-]1=CC=CC1.[Cl-].[Cl-].[Zr+2]. The van der Waals surface area contributed by atoms with Crippen molar-refractivity contribution in [2.75, 3.05) is 7.11 Å². The third-order valence-corrected chi connectivity index (χ3v) is 3.70. The third-order valence-electron chi connectivity index (χ3n) is 3.70. The molecule has 27 heavy (non-hydrogen) atoms. The molecule has 1 nitrogen and oxygen atoms in total. The van der Waals surface area contributed by atoms with Crippen molar-refractivity contribution >= 4 is 0 Å². The predicted molar refractivity (Wildman–Crippen MR) is 101 cm³/mol. The predicted octanol–water partition coefficient (Wildman–Crippen LogP) is -0.254. The third kappa shape index (κ3) is 8.48. The van der Waals surface area contributed by atoms with Gasteiger partial charge in [-0.15, -0.1) is 23.1 Å². The van der Waals surface area contributed by atoms with Crippen LogP contribution in [0.1, 0.15) is 37.0 Å². The van der Waals surface area contributed by atoms with Gasteiger partial charge >= 0.3 is 26.2 Å². The fourth-order valence-electron chi connectivity index (χ4n) is 2.79. The smallest absolute Gasteiger partial charge is 1.00 e. The van der Waals surface area contributed by atoms with Crippen LogP contribution < -0.4 is 24.8 Å². The number of halogens is 2. The van der Waals surface area contributed by atoms with Crippen molar-refractivity contribution < 1.29 is 55.8 Å². The van der Waals surface area contributed by atoms with Crippen LogP contribution in [0.2, 0.25) is 0 Å². The van der Waals surface area contributed by atoms with Crippen LogP contribution >= 0.6 is 0 Å². The van der Waals surface area contributed by atoms with Crippen LogP contribution in [0.3, 0.4) is 0 Å². The van der Waals surface area contributed by atoms with E-state index >= 15 is 0 Å². The maximum absolute atomic E-state index is 5.25. The molecule has 2 aliphatic rings. The van der Waals surface area contributed by atoms with Crippen LogP contribution in [0.15, 0.2) is 54.6 Å². The number of benzene rings is 2. The molecule has 0 aromatic heterocycles. The number of hydrogen-bond donors (Lipinski definition) is 0. The first-order chi connectivity index (χ1) is 11.8. The zero-order chi connectivity index (χ0) is 17.2. The number of ether oxygens (including phenoxy) is 1. The first kappa shape index (κ1) is 28.6. The van der Waals surface area contributed by atoms with Crippen LogP contribution in [0, 0.1) is 18.6 Å². The van der Waals surface area contributed by atoms with Crippen molar-refractivity contribution in [3.05, 3.63) is 89.9 Å². The summed E-state index contributed by atoms with van der Waals surface area (Å²) in [4.78, 5) is 0. The van der Waals surface area contributed by atoms with Gasteiger partial charge in [0.15, 0.2) is 0 Å². The summed E-state index contributed by atoms with van der Waals surface area (Å²) in [6.07, 6.45) is 13.0. The van der Waals surface area contributed by atoms with E-state index in [1.807, 2.05) is 38.5 Å². The summed E-state index contributed by atoms with van der Waals surface area (Å²) in [5, 5.41) is 0. The molecule has 0 fully saturated rings. The van der Waals surface area contributed by atoms with Gasteiger partial charge in [-0.2, -0.15) is 38.1 Å². The van der Waals surface area contributed by atoms with Crippen LogP contribution in [-0.2, 0) is 44.0 Å². The van der Waals surface area contributed by atoms with Gasteiger partial charge in [0.1, 0.15) is 0 Å². The van der Waals surface area contributed by atoms with Crippen LogP contribution in [0.25, 0.3) is 11.1 Å². The number of hydrogen-bond acceptors (Lipinski definition) is 1. The average molecular weight is 480 g/mol. The Morgan fingerprint density at radius 3 is 2.37 bits per heavy atom. The number of fused-ring (bicyclic) bond motifs is 3. The number of rotatable bonds is 2. The van der Waals surface area contributed by atoms with E-state index in [2.05, 4.69) is 48.6 Å². The van der Waals surface area contributed by atoms with Crippen molar-refractivity contribution in [1.82, 2.24) is 0 Å². The largest absolute Gasteiger partial charge is 2.00 e. The quantitative estimate of drug-likeness (QED) is 0.461. The second-order valence-corrected chi connectivity index (χ2v) is 5.70. The van der Waals surface area contributed by atoms with Crippen molar-refractivity contribution in [1.29, 1.82) is 0 Å². The molecule has 2 aromatic rings. The number of allylic oxidation sites excluding steroid dienone is 4. The van der Waals surface area contributed by atoms with E-state index in [1.165, 1.54) is 27.8 Å². The van der Waals surface area contributed by atoms with Crippen molar-refractivity contribution in [2.24, 2.45) is 0 Å². The topological polar surface area (TPSA) is 9.23 Å². The molecule has 0 aliphatic heterocycles. The molecule has 4 rings (SSSR count). The van der Waals surface area contributed by atoms with Gasteiger partial charge in [0.05, 0.1) is 0 Å². The summed E-state index contributed by atoms with van der Waals surface area (Å²) in [6.45, 7) is 4.67.